The van der Waals surface area contributed by atoms with Crippen LogP contribution < -0.4 is 5.32 Å². The first-order valence-corrected chi connectivity index (χ1v) is 6.14. The molecule has 1 fully saturated rings. The Bertz CT molecular complexity index is 306. The summed E-state index contributed by atoms with van der Waals surface area (Å²) in [5, 5.41) is 3.57. The summed E-state index contributed by atoms with van der Waals surface area (Å²) in [6, 6.07) is 9.38. The fourth-order valence-electron chi connectivity index (χ4n) is 1.87. The molecule has 1 aliphatic heterocycles. The van der Waals surface area contributed by atoms with E-state index < -0.39 is 0 Å². The van der Waals surface area contributed by atoms with E-state index in [0.29, 0.717) is 12.1 Å². The fraction of sp³-hybridized carbons (Fsp3) is 0.500. The van der Waals surface area contributed by atoms with Gasteiger partial charge in [0.25, 0.3) is 0 Å². The fourth-order valence-corrected chi connectivity index (χ4v) is 2.13. The number of hydrogen-bond acceptors (Lipinski definition) is 2. The van der Waals surface area contributed by atoms with Gasteiger partial charge in [-0.2, -0.15) is 0 Å². The number of rotatable bonds is 3. The summed E-state index contributed by atoms with van der Waals surface area (Å²) >= 11 is 3.44. The van der Waals surface area contributed by atoms with Crippen molar-refractivity contribution in [2.75, 3.05) is 13.2 Å². The van der Waals surface area contributed by atoms with Crippen LogP contribution in [-0.2, 0) is 4.74 Å². The zero-order valence-electron chi connectivity index (χ0n) is 8.87. The lowest BCUT2D eigenvalue weighted by atomic mass is 10.1. The lowest BCUT2D eigenvalue weighted by molar-refractivity contribution is 0.188. The minimum Gasteiger partial charge on any atom is -0.380 e. The molecular formula is C12H16BrNO. The van der Waals surface area contributed by atoms with Crippen LogP contribution in [-0.4, -0.2) is 19.3 Å². The second-order valence-corrected chi connectivity index (χ2v) is 4.92. The van der Waals surface area contributed by atoms with Crippen LogP contribution >= 0.6 is 15.9 Å². The lowest BCUT2D eigenvalue weighted by Crippen LogP contribution is -2.31. The van der Waals surface area contributed by atoms with E-state index in [1.165, 1.54) is 5.56 Å². The second-order valence-electron chi connectivity index (χ2n) is 4.00. The average Bonchev–Trinajstić information content (AvgIpc) is 2.71. The Morgan fingerprint density at radius 3 is 2.73 bits per heavy atom. The largest absolute Gasteiger partial charge is 0.380 e. The number of hydrogen-bond donors (Lipinski definition) is 1. The Morgan fingerprint density at radius 1 is 1.40 bits per heavy atom. The predicted molar refractivity (Wildman–Crippen MR) is 64.9 cm³/mol. The Balaban J connectivity index is 1.94. The van der Waals surface area contributed by atoms with Crippen molar-refractivity contribution >= 4 is 15.9 Å². The molecule has 3 heteroatoms. The lowest BCUT2D eigenvalue weighted by Gasteiger charge is -2.18. The first kappa shape index (κ1) is 11.1. The molecule has 1 aliphatic rings. The molecule has 0 aliphatic carbocycles. The molecule has 0 bridgehead atoms. The first-order chi connectivity index (χ1) is 7.25. The van der Waals surface area contributed by atoms with E-state index in [-0.39, 0.29) is 0 Å². The van der Waals surface area contributed by atoms with Crippen molar-refractivity contribution in [2.24, 2.45) is 0 Å². The highest BCUT2D eigenvalue weighted by Gasteiger charge is 2.17. The molecule has 0 spiro atoms. The van der Waals surface area contributed by atoms with Crippen molar-refractivity contribution in [1.82, 2.24) is 5.32 Å². The molecule has 1 saturated heterocycles. The number of nitrogens with one attached hydrogen (secondary N) is 1. The molecule has 2 nitrogen and oxygen atoms in total. The molecule has 1 aromatic carbocycles. The van der Waals surface area contributed by atoms with Gasteiger partial charge in [-0.3, -0.25) is 0 Å². The average molecular weight is 270 g/mol. The topological polar surface area (TPSA) is 21.3 Å². The Kier molecular flexibility index (Phi) is 3.78. The molecule has 82 valence electrons. The SMILES string of the molecule is C[C@@H](NC1CCOC1)c1ccc(Br)cc1. The van der Waals surface area contributed by atoms with E-state index in [4.69, 9.17) is 4.74 Å². The summed E-state index contributed by atoms with van der Waals surface area (Å²) in [5.74, 6) is 0. The molecule has 1 heterocycles. The summed E-state index contributed by atoms with van der Waals surface area (Å²) < 4.78 is 6.47. The molecular weight excluding hydrogens is 254 g/mol. The van der Waals surface area contributed by atoms with Gasteiger partial charge in [-0.05, 0) is 31.0 Å². The maximum Gasteiger partial charge on any atom is 0.0620 e. The molecule has 2 atom stereocenters. The summed E-state index contributed by atoms with van der Waals surface area (Å²) in [6.07, 6.45) is 1.13. The van der Waals surface area contributed by atoms with Crippen molar-refractivity contribution in [3.63, 3.8) is 0 Å². The van der Waals surface area contributed by atoms with E-state index in [1.54, 1.807) is 0 Å². The minimum absolute atomic E-state index is 0.393. The van der Waals surface area contributed by atoms with E-state index in [1.807, 2.05) is 0 Å². The summed E-state index contributed by atoms with van der Waals surface area (Å²) in [4.78, 5) is 0. The van der Waals surface area contributed by atoms with E-state index in [9.17, 15) is 0 Å². The molecule has 0 radical (unpaired) electrons. The maximum atomic E-state index is 5.34. The molecule has 0 aromatic heterocycles. The molecule has 1 unspecified atom stereocenters. The second kappa shape index (κ2) is 5.10. The molecule has 1 N–H and O–H groups in total. The monoisotopic (exact) mass is 269 g/mol. The van der Waals surface area contributed by atoms with E-state index in [0.717, 1.165) is 24.1 Å². The van der Waals surface area contributed by atoms with E-state index >= 15 is 0 Å². The minimum atomic E-state index is 0.393. The smallest absolute Gasteiger partial charge is 0.0620 e. The zero-order chi connectivity index (χ0) is 10.7. The normalized spacial score (nSPS) is 22.9. The molecule has 0 amide bonds. The number of benzene rings is 1. The molecule has 1 aromatic rings. The third-order valence-electron chi connectivity index (χ3n) is 2.79. The highest BCUT2D eigenvalue weighted by atomic mass is 79.9. The summed E-state index contributed by atoms with van der Waals surface area (Å²) in [7, 11) is 0. The van der Waals surface area contributed by atoms with Crippen molar-refractivity contribution in [3.8, 4) is 0 Å². The van der Waals surface area contributed by atoms with Crippen molar-refractivity contribution < 1.29 is 4.74 Å². The van der Waals surface area contributed by atoms with Crippen LogP contribution in [0.1, 0.15) is 24.9 Å². The Hall–Kier alpha value is -0.380. The first-order valence-electron chi connectivity index (χ1n) is 5.35. The highest BCUT2D eigenvalue weighted by Crippen LogP contribution is 2.18. The third kappa shape index (κ3) is 3.03. The summed E-state index contributed by atoms with van der Waals surface area (Å²) in [5.41, 5.74) is 1.32. The number of ether oxygens (including phenoxy) is 1. The van der Waals surface area contributed by atoms with Crippen LogP contribution in [0.15, 0.2) is 28.7 Å². The standard InChI is InChI=1S/C12H16BrNO/c1-9(14-12-6-7-15-8-12)10-2-4-11(13)5-3-10/h2-5,9,12,14H,6-8H2,1H3/t9-,12?/m1/s1. The van der Waals surface area contributed by atoms with Gasteiger partial charge in [-0.1, -0.05) is 28.1 Å². The Morgan fingerprint density at radius 2 is 2.13 bits per heavy atom. The van der Waals surface area contributed by atoms with Gasteiger partial charge in [0.1, 0.15) is 0 Å². The van der Waals surface area contributed by atoms with Crippen LogP contribution in [0.3, 0.4) is 0 Å². The van der Waals surface area contributed by atoms with Gasteiger partial charge in [-0.25, -0.2) is 0 Å². The maximum absolute atomic E-state index is 5.34. The van der Waals surface area contributed by atoms with Gasteiger partial charge in [-0.15, -0.1) is 0 Å². The van der Waals surface area contributed by atoms with Gasteiger partial charge in [0.15, 0.2) is 0 Å². The van der Waals surface area contributed by atoms with Crippen LogP contribution in [0.25, 0.3) is 0 Å². The quantitative estimate of drug-likeness (QED) is 0.911. The number of halogens is 1. The van der Waals surface area contributed by atoms with Crippen LogP contribution in [0, 0.1) is 0 Å². The van der Waals surface area contributed by atoms with Crippen molar-refractivity contribution in [1.29, 1.82) is 0 Å². The molecule has 2 rings (SSSR count). The van der Waals surface area contributed by atoms with Gasteiger partial charge in [0.2, 0.25) is 0 Å². The van der Waals surface area contributed by atoms with Crippen LogP contribution in [0.2, 0.25) is 0 Å². The highest BCUT2D eigenvalue weighted by molar-refractivity contribution is 9.10. The van der Waals surface area contributed by atoms with E-state index in [2.05, 4.69) is 52.4 Å². The van der Waals surface area contributed by atoms with Crippen LogP contribution in [0.5, 0.6) is 0 Å². The third-order valence-corrected chi connectivity index (χ3v) is 3.31. The Labute approximate surface area is 99.1 Å². The predicted octanol–water partition coefficient (Wildman–Crippen LogP) is 2.89. The van der Waals surface area contributed by atoms with Gasteiger partial charge in [0.05, 0.1) is 6.61 Å². The van der Waals surface area contributed by atoms with Gasteiger partial charge >= 0.3 is 0 Å². The van der Waals surface area contributed by atoms with Gasteiger partial charge in [0, 0.05) is 23.2 Å². The van der Waals surface area contributed by atoms with Crippen LogP contribution in [0.4, 0.5) is 0 Å². The van der Waals surface area contributed by atoms with Crippen molar-refractivity contribution in [3.05, 3.63) is 34.3 Å². The van der Waals surface area contributed by atoms with Crippen molar-refractivity contribution in [2.45, 2.75) is 25.4 Å². The van der Waals surface area contributed by atoms with Gasteiger partial charge < -0.3 is 10.1 Å². The molecule has 15 heavy (non-hydrogen) atoms. The zero-order valence-corrected chi connectivity index (χ0v) is 10.5. The summed E-state index contributed by atoms with van der Waals surface area (Å²) in [6.45, 7) is 3.94. The molecule has 0 saturated carbocycles.